The van der Waals surface area contributed by atoms with E-state index in [2.05, 4.69) is 9.71 Å². The van der Waals surface area contributed by atoms with Crippen LogP contribution in [0.1, 0.15) is 18.4 Å². The van der Waals surface area contributed by atoms with E-state index in [4.69, 9.17) is 0 Å². The Balaban J connectivity index is 1.28. The highest BCUT2D eigenvalue weighted by Crippen LogP contribution is 2.33. The molecule has 31 heavy (non-hydrogen) atoms. The number of carbonyl (C=O) groups is 1. The minimum absolute atomic E-state index is 0.00467. The third kappa shape index (κ3) is 3.77. The van der Waals surface area contributed by atoms with Crippen LogP contribution in [0.25, 0.3) is 10.4 Å². The average Bonchev–Trinajstić information content (AvgIpc) is 3.41. The van der Waals surface area contributed by atoms with Gasteiger partial charge in [-0.2, -0.15) is 8.42 Å². The van der Waals surface area contributed by atoms with Crippen molar-refractivity contribution in [3.8, 4) is 10.4 Å². The van der Waals surface area contributed by atoms with Gasteiger partial charge in [-0.15, -0.1) is 15.7 Å². The normalized spacial score (nSPS) is 17.8. The molecule has 0 radical (unpaired) electrons. The van der Waals surface area contributed by atoms with E-state index < -0.39 is 10.0 Å². The molecule has 8 heteroatoms. The third-order valence-electron chi connectivity index (χ3n) is 5.75. The summed E-state index contributed by atoms with van der Waals surface area (Å²) < 4.78 is 28.7. The summed E-state index contributed by atoms with van der Waals surface area (Å²) in [6.45, 7) is 1.18. The van der Waals surface area contributed by atoms with E-state index in [9.17, 15) is 13.2 Å². The second kappa shape index (κ2) is 7.94. The van der Waals surface area contributed by atoms with Gasteiger partial charge in [0.2, 0.25) is 5.91 Å². The largest absolute Gasteiger partial charge is 0.355 e. The summed E-state index contributed by atoms with van der Waals surface area (Å²) >= 11 is 1.64. The molecule has 0 saturated carbocycles. The first kappa shape index (κ1) is 20.0. The lowest BCUT2D eigenvalue weighted by Crippen LogP contribution is -2.41. The van der Waals surface area contributed by atoms with Gasteiger partial charge in [0.1, 0.15) is 4.90 Å². The quantitative estimate of drug-likeness (QED) is 0.647. The molecule has 6 nitrogen and oxygen atoms in total. The highest BCUT2D eigenvalue weighted by molar-refractivity contribution is 7.90. The number of hydrogen-bond donors (Lipinski definition) is 1. The molecule has 1 N–H and O–H groups in total. The van der Waals surface area contributed by atoms with Crippen molar-refractivity contribution in [1.29, 1.82) is 0 Å². The Kier molecular flexibility index (Phi) is 5.11. The van der Waals surface area contributed by atoms with Crippen LogP contribution in [0.3, 0.4) is 0 Å². The summed E-state index contributed by atoms with van der Waals surface area (Å²) in [5, 5.41) is 5.13. The van der Waals surface area contributed by atoms with Crippen LogP contribution in [0.2, 0.25) is 0 Å². The maximum atomic E-state index is 13.0. The summed E-state index contributed by atoms with van der Waals surface area (Å²) in [4.78, 5) is 16.3. The smallest absolute Gasteiger partial charge is 0.285 e. The highest BCUT2D eigenvalue weighted by atomic mass is 32.2. The third-order valence-corrected chi connectivity index (χ3v) is 7.98. The Morgan fingerprint density at radius 1 is 0.968 bits per heavy atom. The van der Waals surface area contributed by atoms with E-state index in [-0.39, 0.29) is 16.7 Å². The van der Waals surface area contributed by atoms with Crippen LogP contribution in [0, 0.1) is 5.92 Å². The summed E-state index contributed by atoms with van der Waals surface area (Å²) in [7, 11) is -3.63. The van der Waals surface area contributed by atoms with E-state index in [1.807, 2.05) is 52.7 Å². The molecule has 1 saturated heterocycles. The zero-order valence-electron chi connectivity index (χ0n) is 16.7. The first-order valence-electron chi connectivity index (χ1n) is 10.2. The molecule has 1 aromatic heterocycles. The molecule has 3 aromatic rings. The number of fused-ring (bicyclic) bond motifs is 1. The van der Waals surface area contributed by atoms with Crippen molar-refractivity contribution in [1.82, 2.24) is 4.90 Å². The molecule has 0 unspecified atom stereocenters. The monoisotopic (exact) mass is 451 g/mol. The number of para-hydroxylation sites is 1. The van der Waals surface area contributed by atoms with Gasteiger partial charge in [-0.05, 0) is 42.5 Å². The van der Waals surface area contributed by atoms with Crippen LogP contribution in [0.5, 0.6) is 0 Å². The SMILES string of the molecule is O=C(Nc1ccccc1-c1cccs1)C1CCN(C2=NS(=O)(=O)c3ccccc32)CC1. The zero-order valence-corrected chi connectivity index (χ0v) is 18.3. The number of nitrogens with one attached hydrogen (secondary N) is 1. The first-order valence-corrected chi connectivity index (χ1v) is 12.5. The van der Waals surface area contributed by atoms with Gasteiger partial charge in [0.05, 0.1) is 0 Å². The molecule has 2 aromatic carbocycles. The lowest BCUT2D eigenvalue weighted by molar-refractivity contribution is -0.120. The van der Waals surface area contributed by atoms with Crippen molar-refractivity contribution < 1.29 is 13.2 Å². The summed E-state index contributed by atoms with van der Waals surface area (Å²) in [5.74, 6) is 0.379. The number of thiophene rings is 1. The van der Waals surface area contributed by atoms with Gasteiger partial charge in [-0.25, -0.2) is 0 Å². The summed E-state index contributed by atoms with van der Waals surface area (Å²) in [5.41, 5.74) is 2.48. The molecule has 2 aliphatic heterocycles. The maximum absolute atomic E-state index is 13.0. The first-order chi connectivity index (χ1) is 15.0. The standard InChI is InChI=1S/C23H21N3O3S2/c27-23(24-19-8-3-1-6-17(19)20-9-5-15-30-20)16-11-13-26(14-12-16)22-18-7-2-4-10-21(18)31(28,29)25-22/h1-10,15-16H,11-14H2,(H,24,27). The van der Waals surface area contributed by atoms with Crippen molar-refractivity contribution in [2.75, 3.05) is 18.4 Å². The molecule has 0 bridgehead atoms. The minimum atomic E-state index is -3.63. The number of amidine groups is 1. The molecule has 1 amide bonds. The molecular weight excluding hydrogens is 430 g/mol. The molecular formula is C23H21N3O3S2. The molecule has 5 rings (SSSR count). The Labute approximate surface area is 185 Å². The van der Waals surface area contributed by atoms with Crippen LogP contribution in [-0.4, -0.2) is 38.2 Å². The second-order valence-electron chi connectivity index (χ2n) is 7.66. The van der Waals surface area contributed by atoms with Crippen LogP contribution < -0.4 is 5.32 Å². The van der Waals surface area contributed by atoms with Crippen molar-refractivity contribution in [3.63, 3.8) is 0 Å². The van der Waals surface area contributed by atoms with Gasteiger partial charge in [0, 0.05) is 40.7 Å². The van der Waals surface area contributed by atoms with Crippen molar-refractivity contribution in [2.24, 2.45) is 10.3 Å². The Hall–Kier alpha value is -2.97. The fourth-order valence-electron chi connectivity index (χ4n) is 4.14. The number of carbonyl (C=O) groups excluding carboxylic acids is 1. The van der Waals surface area contributed by atoms with Gasteiger partial charge < -0.3 is 10.2 Å². The zero-order chi connectivity index (χ0) is 21.4. The lowest BCUT2D eigenvalue weighted by atomic mass is 9.95. The Bertz CT molecular complexity index is 1260. The molecule has 3 heterocycles. The number of amides is 1. The fourth-order valence-corrected chi connectivity index (χ4v) is 6.14. The van der Waals surface area contributed by atoms with Crippen molar-refractivity contribution in [3.05, 3.63) is 71.6 Å². The number of piperidine rings is 1. The van der Waals surface area contributed by atoms with Crippen molar-refractivity contribution in [2.45, 2.75) is 17.7 Å². The highest BCUT2D eigenvalue weighted by Gasteiger charge is 2.34. The number of hydrogen-bond acceptors (Lipinski definition) is 5. The van der Waals surface area contributed by atoms with Crippen LogP contribution in [0.15, 0.2) is 75.3 Å². The number of sulfonamides is 1. The molecule has 158 valence electrons. The van der Waals surface area contributed by atoms with Gasteiger partial charge in [-0.3, -0.25) is 4.79 Å². The van der Waals surface area contributed by atoms with Crippen LogP contribution in [-0.2, 0) is 14.8 Å². The number of benzene rings is 2. The predicted octanol–water partition coefficient (Wildman–Crippen LogP) is 4.21. The fraction of sp³-hybridized carbons (Fsp3) is 0.217. The summed E-state index contributed by atoms with van der Waals surface area (Å²) in [6.07, 6.45) is 1.29. The van der Waals surface area contributed by atoms with Gasteiger partial charge in [0.15, 0.2) is 5.84 Å². The van der Waals surface area contributed by atoms with E-state index in [1.165, 1.54) is 0 Å². The lowest BCUT2D eigenvalue weighted by Gasteiger charge is -2.32. The Morgan fingerprint density at radius 3 is 2.42 bits per heavy atom. The van der Waals surface area contributed by atoms with Gasteiger partial charge >= 0.3 is 0 Å². The minimum Gasteiger partial charge on any atom is -0.355 e. The molecule has 0 aliphatic carbocycles. The topological polar surface area (TPSA) is 78.8 Å². The number of anilines is 1. The summed E-state index contributed by atoms with van der Waals surface area (Å²) in [6, 6.07) is 18.8. The molecule has 0 atom stereocenters. The van der Waals surface area contributed by atoms with E-state index >= 15 is 0 Å². The maximum Gasteiger partial charge on any atom is 0.285 e. The van der Waals surface area contributed by atoms with E-state index in [0.717, 1.165) is 16.1 Å². The number of likely N-dealkylation sites (tertiary alicyclic amines) is 1. The number of rotatable bonds is 3. The molecule has 0 spiro atoms. The average molecular weight is 452 g/mol. The number of nitrogens with zero attached hydrogens (tertiary/aromatic N) is 2. The van der Waals surface area contributed by atoms with E-state index in [0.29, 0.717) is 37.3 Å². The van der Waals surface area contributed by atoms with Gasteiger partial charge in [0.25, 0.3) is 10.0 Å². The van der Waals surface area contributed by atoms with Crippen LogP contribution >= 0.6 is 11.3 Å². The second-order valence-corrected chi connectivity index (χ2v) is 10.2. The van der Waals surface area contributed by atoms with Crippen molar-refractivity contribution >= 4 is 38.8 Å². The predicted molar refractivity (Wildman–Crippen MR) is 123 cm³/mol. The van der Waals surface area contributed by atoms with Gasteiger partial charge in [-0.1, -0.05) is 36.4 Å². The van der Waals surface area contributed by atoms with E-state index in [1.54, 1.807) is 29.5 Å². The molecule has 2 aliphatic rings. The molecule has 1 fully saturated rings. The Morgan fingerprint density at radius 2 is 1.68 bits per heavy atom. The van der Waals surface area contributed by atoms with Crippen LogP contribution in [0.4, 0.5) is 5.69 Å².